The molecule has 0 aliphatic carbocycles. The zero-order valence-corrected chi connectivity index (χ0v) is 9.55. The van der Waals surface area contributed by atoms with Gasteiger partial charge in [-0.1, -0.05) is 0 Å². The van der Waals surface area contributed by atoms with Gasteiger partial charge in [-0.05, 0) is 25.1 Å². The smallest absolute Gasteiger partial charge is 0.144 e. The van der Waals surface area contributed by atoms with Crippen LogP contribution in [0.5, 0.6) is 5.75 Å². The van der Waals surface area contributed by atoms with E-state index >= 15 is 0 Å². The highest BCUT2D eigenvalue weighted by Gasteiger charge is 2.05. The number of benzene rings is 1. The molecule has 0 spiro atoms. The maximum atomic E-state index is 5.58. The molecule has 0 unspecified atom stereocenters. The summed E-state index contributed by atoms with van der Waals surface area (Å²) in [6, 6.07) is 6.20. The number of hydrogen-bond donors (Lipinski definition) is 1. The Bertz CT molecular complexity index is 625. The van der Waals surface area contributed by atoms with Crippen molar-refractivity contribution in [1.82, 2.24) is 14.5 Å². The SMILES string of the molecule is CCOc1c[nH]c2ccc(-n3ccnc3)cc12. The fourth-order valence-corrected chi connectivity index (χ4v) is 1.93. The van der Waals surface area contributed by atoms with Crippen LogP contribution in [0.3, 0.4) is 0 Å². The van der Waals surface area contributed by atoms with Crippen molar-refractivity contribution in [2.75, 3.05) is 6.61 Å². The van der Waals surface area contributed by atoms with Crippen LogP contribution >= 0.6 is 0 Å². The molecule has 3 rings (SSSR count). The third kappa shape index (κ3) is 1.67. The van der Waals surface area contributed by atoms with E-state index in [4.69, 9.17) is 4.74 Å². The van der Waals surface area contributed by atoms with E-state index in [-0.39, 0.29) is 0 Å². The lowest BCUT2D eigenvalue weighted by Crippen LogP contribution is -1.91. The number of aromatic nitrogens is 3. The van der Waals surface area contributed by atoms with Gasteiger partial charge in [0.2, 0.25) is 0 Å². The lowest BCUT2D eigenvalue weighted by molar-refractivity contribution is 0.344. The van der Waals surface area contributed by atoms with E-state index < -0.39 is 0 Å². The van der Waals surface area contributed by atoms with Gasteiger partial charge in [0.25, 0.3) is 0 Å². The van der Waals surface area contributed by atoms with Gasteiger partial charge >= 0.3 is 0 Å². The predicted molar refractivity (Wildman–Crippen MR) is 66.6 cm³/mol. The molecular weight excluding hydrogens is 214 g/mol. The van der Waals surface area contributed by atoms with E-state index in [1.807, 2.05) is 30.0 Å². The number of hydrogen-bond acceptors (Lipinski definition) is 2. The first kappa shape index (κ1) is 9.96. The quantitative estimate of drug-likeness (QED) is 0.747. The van der Waals surface area contributed by atoms with Gasteiger partial charge in [0.1, 0.15) is 5.75 Å². The summed E-state index contributed by atoms with van der Waals surface area (Å²) in [4.78, 5) is 7.24. The molecule has 1 N–H and O–H groups in total. The molecule has 4 heteroatoms. The fourth-order valence-electron chi connectivity index (χ4n) is 1.93. The van der Waals surface area contributed by atoms with Crippen LogP contribution in [0.2, 0.25) is 0 Å². The van der Waals surface area contributed by atoms with E-state index in [1.54, 1.807) is 12.5 Å². The van der Waals surface area contributed by atoms with Crippen LogP contribution in [0.15, 0.2) is 43.1 Å². The Hall–Kier alpha value is -2.23. The average molecular weight is 227 g/mol. The Morgan fingerprint density at radius 3 is 3.12 bits per heavy atom. The monoisotopic (exact) mass is 227 g/mol. The van der Waals surface area contributed by atoms with Gasteiger partial charge in [0.05, 0.1) is 12.9 Å². The minimum Gasteiger partial charge on any atom is -0.492 e. The number of H-pyrrole nitrogens is 1. The molecule has 0 bridgehead atoms. The Kier molecular flexibility index (Phi) is 2.33. The van der Waals surface area contributed by atoms with E-state index in [0.29, 0.717) is 6.61 Å². The molecule has 2 aromatic heterocycles. The predicted octanol–water partition coefficient (Wildman–Crippen LogP) is 2.75. The molecule has 17 heavy (non-hydrogen) atoms. The second-order valence-corrected chi connectivity index (χ2v) is 3.79. The summed E-state index contributed by atoms with van der Waals surface area (Å²) in [5.74, 6) is 0.893. The summed E-state index contributed by atoms with van der Waals surface area (Å²) in [5.41, 5.74) is 2.16. The van der Waals surface area contributed by atoms with Crippen LogP contribution in [-0.4, -0.2) is 21.1 Å². The van der Waals surface area contributed by atoms with Crippen LogP contribution < -0.4 is 4.74 Å². The highest BCUT2D eigenvalue weighted by molar-refractivity contribution is 5.87. The zero-order valence-electron chi connectivity index (χ0n) is 9.55. The molecule has 86 valence electrons. The van der Waals surface area contributed by atoms with Crippen molar-refractivity contribution in [3.05, 3.63) is 43.1 Å². The van der Waals surface area contributed by atoms with Crippen LogP contribution in [0.25, 0.3) is 16.6 Å². The van der Waals surface area contributed by atoms with Crippen molar-refractivity contribution < 1.29 is 4.74 Å². The van der Waals surface area contributed by atoms with Crippen molar-refractivity contribution in [1.29, 1.82) is 0 Å². The molecule has 1 aromatic carbocycles. The fraction of sp³-hybridized carbons (Fsp3) is 0.154. The third-order valence-corrected chi connectivity index (χ3v) is 2.73. The van der Waals surface area contributed by atoms with Crippen molar-refractivity contribution in [2.45, 2.75) is 6.92 Å². The van der Waals surface area contributed by atoms with Gasteiger partial charge in [-0.15, -0.1) is 0 Å². The van der Waals surface area contributed by atoms with Crippen LogP contribution in [-0.2, 0) is 0 Å². The lowest BCUT2D eigenvalue weighted by Gasteiger charge is -2.04. The minimum atomic E-state index is 0.669. The topological polar surface area (TPSA) is 42.8 Å². The first-order valence-electron chi connectivity index (χ1n) is 5.61. The Morgan fingerprint density at radius 2 is 2.35 bits per heavy atom. The second kappa shape index (κ2) is 3.97. The van der Waals surface area contributed by atoms with Gasteiger partial charge in [-0.3, -0.25) is 0 Å². The van der Waals surface area contributed by atoms with Crippen LogP contribution in [0, 0.1) is 0 Å². The molecule has 0 amide bonds. The molecule has 0 radical (unpaired) electrons. The average Bonchev–Trinajstić information content (AvgIpc) is 2.98. The molecule has 3 aromatic rings. The van der Waals surface area contributed by atoms with E-state index in [9.17, 15) is 0 Å². The summed E-state index contributed by atoms with van der Waals surface area (Å²) >= 11 is 0. The van der Waals surface area contributed by atoms with E-state index in [1.165, 1.54) is 0 Å². The summed E-state index contributed by atoms with van der Waals surface area (Å²) < 4.78 is 7.55. The molecule has 0 aliphatic heterocycles. The summed E-state index contributed by atoms with van der Waals surface area (Å²) in [7, 11) is 0. The molecule has 4 nitrogen and oxygen atoms in total. The molecule has 0 aliphatic rings. The number of rotatable bonds is 3. The minimum absolute atomic E-state index is 0.669. The van der Waals surface area contributed by atoms with Crippen molar-refractivity contribution in [2.24, 2.45) is 0 Å². The first-order chi connectivity index (χ1) is 8.38. The van der Waals surface area contributed by atoms with Crippen LogP contribution in [0.1, 0.15) is 6.92 Å². The van der Waals surface area contributed by atoms with Crippen LogP contribution in [0.4, 0.5) is 0 Å². The zero-order chi connectivity index (χ0) is 11.7. The summed E-state index contributed by atoms with van der Waals surface area (Å²) in [6.45, 7) is 2.65. The highest BCUT2D eigenvalue weighted by Crippen LogP contribution is 2.27. The van der Waals surface area contributed by atoms with Gasteiger partial charge < -0.3 is 14.3 Å². The van der Waals surface area contributed by atoms with Crippen molar-refractivity contribution in [3.63, 3.8) is 0 Å². The van der Waals surface area contributed by atoms with Crippen molar-refractivity contribution >= 4 is 10.9 Å². The maximum absolute atomic E-state index is 5.58. The number of aromatic amines is 1. The molecule has 0 saturated carbocycles. The Balaban J connectivity index is 2.13. The van der Waals surface area contributed by atoms with Gasteiger partial charge in [-0.25, -0.2) is 4.98 Å². The summed E-state index contributed by atoms with van der Waals surface area (Å²) in [6.07, 6.45) is 7.37. The Labute approximate surface area is 98.9 Å². The second-order valence-electron chi connectivity index (χ2n) is 3.79. The number of nitrogens with one attached hydrogen (secondary N) is 1. The molecule has 2 heterocycles. The molecule has 0 fully saturated rings. The normalized spacial score (nSPS) is 10.9. The van der Waals surface area contributed by atoms with E-state index in [0.717, 1.165) is 22.3 Å². The number of nitrogens with zero attached hydrogens (tertiary/aromatic N) is 2. The number of imidazole rings is 1. The van der Waals surface area contributed by atoms with Gasteiger partial charge in [0, 0.05) is 35.2 Å². The number of ether oxygens (including phenoxy) is 1. The Morgan fingerprint density at radius 1 is 1.41 bits per heavy atom. The van der Waals surface area contributed by atoms with E-state index in [2.05, 4.69) is 22.1 Å². The molecular formula is C13H13N3O. The third-order valence-electron chi connectivity index (χ3n) is 2.73. The maximum Gasteiger partial charge on any atom is 0.144 e. The standard InChI is InChI=1S/C13H13N3O/c1-2-17-13-8-15-12-4-3-10(7-11(12)13)16-6-5-14-9-16/h3-9,15H,2H2,1H3. The first-order valence-corrected chi connectivity index (χ1v) is 5.61. The number of fused-ring (bicyclic) bond motifs is 1. The molecule has 0 saturated heterocycles. The lowest BCUT2D eigenvalue weighted by atomic mass is 10.2. The molecule has 0 atom stereocenters. The van der Waals surface area contributed by atoms with Crippen molar-refractivity contribution in [3.8, 4) is 11.4 Å². The highest BCUT2D eigenvalue weighted by atomic mass is 16.5. The van der Waals surface area contributed by atoms with Gasteiger partial charge in [-0.2, -0.15) is 0 Å². The largest absolute Gasteiger partial charge is 0.492 e. The van der Waals surface area contributed by atoms with Gasteiger partial charge in [0.15, 0.2) is 0 Å². The summed E-state index contributed by atoms with van der Waals surface area (Å²) in [5, 5.41) is 1.10.